The van der Waals surface area contributed by atoms with Gasteiger partial charge in [-0.05, 0) is 26.5 Å². The van der Waals surface area contributed by atoms with Crippen molar-refractivity contribution in [3.05, 3.63) is 29.8 Å². The fourth-order valence-corrected chi connectivity index (χ4v) is 1.56. The van der Waals surface area contributed by atoms with Gasteiger partial charge in [0.15, 0.2) is 0 Å². The lowest BCUT2D eigenvalue weighted by Crippen LogP contribution is -2.25. The Labute approximate surface area is 110 Å². The average molecular weight is 251 g/mol. The molecule has 1 aromatic rings. The molecule has 0 bridgehead atoms. The van der Waals surface area contributed by atoms with Crippen LogP contribution in [0.3, 0.4) is 0 Å². The monoisotopic (exact) mass is 251 g/mol. The fourth-order valence-electron chi connectivity index (χ4n) is 1.56. The summed E-state index contributed by atoms with van der Waals surface area (Å²) in [6, 6.07) is 8.16. The zero-order valence-electron chi connectivity index (χ0n) is 12.0. The van der Waals surface area contributed by atoms with Gasteiger partial charge in [0.2, 0.25) is 0 Å². The van der Waals surface area contributed by atoms with Gasteiger partial charge < -0.3 is 14.8 Å². The van der Waals surface area contributed by atoms with E-state index < -0.39 is 0 Å². The summed E-state index contributed by atoms with van der Waals surface area (Å²) in [6.45, 7) is 8.72. The molecular weight excluding hydrogens is 226 g/mol. The van der Waals surface area contributed by atoms with Crippen LogP contribution in [0.4, 0.5) is 0 Å². The molecule has 0 unspecified atom stereocenters. The van der Waals surface area contributed by atoms with E-state index in [1.807, 2.05) is 18.2 Å². The molecule has 0 aromatic heterocycles. The molecule has 0 atom stereocenters. The van der Waals surface area contributed by atoms with Crippen molar-refractivity contribution in [1.29, 1.82) is 0 Å². The van der Waals surface area contributed by atoms with Crippen molar-refractivity contribution < 1.29 is 9.47 Å². The summed E-state index contributed by atoms with van der Waals surface area (Å²) in [5, 5.41) is 3.32. The molecule has 0 saturated carbocycles. The maximum atomic E-state index is 5.85. The maximum Gasteiger partial charge on any atom is 0.123 e. The first-order valence-corrected chi connectivity index (χ1v) is 6.55. The van der Waals surface area contributed by atoms with Crippen LogP contribution in [0, 0.1) is 0 Å². The second kappa shape index (κ2) is 7.39. The molecule has 1 aromatic carbocycles. The van der Waals surface area contributed by atoms with E-state index in [1.165, 1.54) is 5.56 Å². The highest BCUT2D eigenvalue weighted by atomic mass is 16.5. The van der Waals surface area contributed by atoms with Crippen LogP contribution >= 0.6 is 0 Å². The van der Waals surface area contributed by atoms with Gasteiger partial charge in [-0.1, -0.05) is 25.1 Å². The highest BCUT2D eigenvalue weighted by molar-refractivity contribution is 5.33. The number of nitrogens with one attached hydrogen (secondary N) is 1. The third kappa shape index (κ3) is 5.07. The highest BCUT2D eigenvalue weighted by Crippen LogP contribution is 2.19. The number of rotatable bonds is 8. The van der Waals surface area contributed by atoms with Crippen LogP contribution in [0.5, 0.6) is 5.75 Å². The molecule has 3 nitrogen and oxygen atoms in total. The van der Waals surface area contributed by atoms with Gasteiger partial charge >= 0.3 is 0 Å². The molecule has 1 rings (SSSR count). The SMILES string of the molecule is CCNCc1ccccc1OCCC(C)(C)OC. The number of benzene rings is 1. The van der Waals surface area contributed by atoms with Crippen molar-refractivity contribution in [2.45, 2.75) is 39.3 Å². The number of para-hydroxylation sites is 1. The van der Waals surface area contributed by atoms with E-state index in [0.29, 0.717) is 6.61 Å². The van der Waals surface area contributed by atoms with Gasteiger partial charge in [0.05, 0.1) is 12.2 Å². The zero-order chi connectivity index (χ0) is 13.4. The molecule has 0 fully saturated rings. The van der Waals surface area contributed by atoms with Crippen molar-refractivity contribution in [3.8, 4) is 5.75 Å². The number of hydrogen-bond acceptors (Lipinski definition) is 3. The zero-order valence-corrected chi connectivity index (χ0v) is 12.0. The minimum Gasteiger partial charge on any atom is -0.493 e. The molecule has 0 spiro atoms. The Morgan fingerprint density at radius 2 is 1.94 bits per heavy atom. The molecule has 1 N–H and O–H groups in total. The summed E-state index contributed by atoms with van der Waals surface area (Å²) in [5.41, 5.74) is 1.07. The standard InChI is InChI=1S/C15H25NO2/c1-5-16-12-13-8-6-7-9-14(13)18-11-10-15(2,3)17-4/h6-9,16H,5,10-12H2,1-4H3. The number of methoxy groups -OCH3 is 1. The van der Waals surface area contributed by atoms with Gasteiger partial charge in [0.1, 0.15) is 5.75 Å². The quantitative estimate of drug-likeness (QED) is 0.770. The second-order valence-corrected chi connectivity index (χ2v) is 4.95. The molecule has 0 aliphatic heterocycles. The van der Waals surface area contributed by atoms with Crippen molar-refractivity contribution in [1.82, 2.24) is 5.32 Å². The van der Waals surface area contributed by atoms with E-state index in [9.17, 15) is 0 Å². The smallest absolute Gasteiger partial charge is 0.123 e. The predicted octanol–water partition coefficient (Wildman–Crippen LogP) is 2.99. The Balaban J connectivity index is 2.51. The molecule has 0 heterocycles. The van der Waals surface area contributed by atoms with Crippen LogP contribution in [0.2, 0.25) is 0 Å². The van der Waals surface area contributed by atoms with Gasteiger partial charge in [0.25, 0.3) is 0 Å². The van der Waals surface area contributed by atoms with Crippen LogP contribution in [0.15, 0.2) is 24.3 Å². The first kappa shape index (κ1) is 15.0. The summed E-state index contributed by atoms with van der Waals surface area (Å²) in [6.07, 6.45) is 0.874. The Morgan fingerprint density at radius 3 is 2.61 bits per heavy atom. The molecular formula is C15H25NO2. The van der Waals surface area contributed by atoms with Crippen LogP contribution < -0.4 is 10.1 Å². The van der Waals surface area contributed by atoms with E-state index in [0.717, 1.165) is 25.3 Å². The number of hydrogen-bond donors (Lipinski definition) is 1. The molecule has 0 aliphatic carbocycles. The largest absolute Gasteiger partial charge is 0.493 e. The van der Waals surface area contributed by atoms with Crippen molar-refractivity contribution in [3.63, 3.8) is 0 Å². The Bertz CT molecular complexity index is 350. The van der Waals surface area contributed by atoms with E-state index in [2.05, 4.69) is 32.2 Å². The lowest BCUT2D eigenvalue weighted by atomic mass is 10.1. The van der Waals surface area contributed by atoms with Gasteiger partial charge in [-0.25, -0.2) is 0 Å². The van der Waals surface area contributed by atoms with Crippen LogP contribution in [0.25, 0.3) is 0 Å². The Morgan fingerprint density at radius 1 is 1.22 bits per heavy atom. The average Bonchev–Trinajstić information content (AvgIpc) is 2.37. The predicted molar refractivity (Wildman–Crippen MR) is 75.0 cm³/mol. The molecule has 102 valence electrons. The summed E-state index contributed by atoms with van der Waals surface area (Å²) < 4.78 is 11.2. The van der Waals surface area contributed by atoms with E-state index in [4.69, 9.17) is 9.47 Å². The van der Waals surface area contributed by atoms with Crippen molar-refractivity contribution in [2.24, 2.45) is 0 Å². The molecule has 0 radical (unpaired) electrons. The summed E-state index contributed by atoms with van der Waals surface area (Å²) in [4.78, 5) is 0. The molecule has 3 heteroatoms. The van der Waals surface area contributed by atoms with Gasteiger partial charge in [-0.15, -0.1) is 0 Å². The van der Waals surface area contributed by atoms with E-state index in [1.54, 1.807) is 7.11 Å². The lowest BCUT2D eigenvalue weighted by molar-refractivity contribution is 0.00537. The topological polar surface area (TPSA) is 30.5 Å². The van der Waals surface area contributed by atoms with Gasteiger partial charge in [0, 0.05) is 25.6 Å². The molecule has 18 heavy (non-hydrogen) atoms. The summed E-state index contributed by atoms with van der Waals surface area (Å²) in [7, 11) is 1.74. The summed E-state index contributed by atoms with van der Waals surface area (Å²) >= 11 is 0. The Hall–Kier alpha value is -1.06. The highest BCUT2D eigenvalue weighted by Gasteiger charge is 2.16. The minimum atomic E-state index is -0.128. The molecule has 0 amide bonds. The van der Waals surface area contributed by atoms with E-state index >= 15 is 0 Å². The van der Waals surface area contributed by atoms with E-state index in [-0.39, 0.29) is 5.60 Å². The first-order valence-electron chi connectivity index (χ1n) is 6.55. The van der Waals surface area contributed by atoms with Crippen LogP contribution in [0.1, 0.15) is 32.8 Å². The first-order chi connectivity index (χ1) is 8.59. The molecule has 0 aliphatic rings. The minimum absolute atomic E-state index is 0.128. The number of ether oxygens (including phenoxy) is 2. The maximum absolute atomic E-state index is 5.85. The lowest BCUT2D eigenvalue weighted by Gasteiger charge is -2.23. The Kier molecular flexibility index (Phi) is 6.16. The normalized spacial score (nSPS) is 11.6. The third-order valence-corrected chi connectivity index (χ3v) is 3.05. The summed E-state index contributed by atoms with van der Waals surface area (Å²) in [5.74, 6) is 0.963. The van der Waals surface area contributed by atoms with Crippen molar-refractivity contribution in [2.75, 3.05) is 20.3 Å². The van der Waals surface area contributed by atoms with Crippen LogP contribution in [-0.4, -0.2) is 25.9 Å². The van der Waals surface area contributed by atoms with Crippen LogP contribution in [-0.2, 0) is 11.3 Å². The van der Waals surface area contributed by atoms with Gasteiger partial charge in [-0.3, -0.25) is 0 Å². The third-order valence-electron chi connectivity index (χ3n) is 3.05. The van der Waals surface area contributed by atoms with Gasteiger partial charge in [-0.2, -0.15) is 0 Å². The second-order valence-electron chi connectivity index (χ2n) is 4.95. The molecule has 0 saturated heterocycles. The fraction of sp³-hybridized carbons (Fsp3) is 0.600. The van der Waals surface area contributed by atoms with Crippen molar-refractivity contribution >= 4 is 0 Å².